The third kappa shape index (κ3) is 3.22. The van der Waals surface area contributed by atoms with Crippen molar-refractivity contribution in [2.45, 2.75) is 19.0 Å². The highest BCUT2D eigenvalue weighted by molar-refractivity contribution is 7.99. The van der Waals surface area contributed by atoms with Gasteiger partial charge in [0.25, 0.3) is 5.91 Å². The molecule has 1 atom stereocenters. The number of rotatable bonds is 4. The average Bonchev–Trinajstić information content (AvgIpc) is 2.92. The summed E-state index contributed by atoms with van der Waals surface area (Å²) in [4.78, 5) is 18.0. The van der Waals surface area contributed by atoms with Crippen molar-refractivity contribution in [1.82, 2.24) is 15.3 Å². The third-order valence-corrected chi connectivity index (χ3v) is 4.26. The first-order valence-electron chi connectivity index (χ1n) is 5.95. The zero-order valence-electron chi connectivity index (χ0n) is 10.4. The molecule has 1 aliphatic rings. The van der Waals surface area contributed by atoms with Gasteiger partial charge in [0.1, 0.15) is 5.69 Å². The van der Waals surface area contributed by atoms with Gasteiger partial charge < -0.3 is 0 Å². The van der Waals surface area contributed by atoms with Crippen LogP contribution in [-0.2, 0) is 6.54 Å². The van der Waals surface area contributed by atoms with E-state index in [2.05, 4.69) is 22.4 Å². The molecule has 1 saturated heterocycles. The van der Waals surface area contributed by atoms with Crippen molar-refractivity contribution in [3.05, 3.63) is 29.6 Å². The quantitative estimate of drug-likeness (QED) is 0.475. The first-order valence-corrected chi connectivity index (χ1v) is 7.11. The van der Waals surface area contributed by atoms with Crippen LogP contribution in [0, 0.1) is 0 Å². The van der Waals surface area contributed by atoms with E-state index in [0.717, 1.165) is 12.2 Å². The Labute approximate surface area is 111 Å². The number of thioether (sulfide) groups is 1. The van der Waals surface area contributed by atoms with Crippen LogP contribution in [0.15, 0.2) is 18.2 Å². The first-order chi connectivity index (χ1) is 8.70. The van der Waals surface area contributed by atoms with Crippen LogP contribution in [0.2, 0.25) is 0 Å². The Kier molecular flexibility index (Phi) is 4.57. The lowest BCUT2D eigenvalue weighted by Crippen LogP contribution is -2.32. The Bertz CT molecular complexity index is 420. The van der Waals surface area contributed by atoms with Gasteiger partial charge in [-0.15, -0.1) is 0 Å². The Morgan fingerprint density at radius 1 is 1.67 bits per heavy atom. The zero-order chi connectivity index (χ0) is 13.0. The smallest absolute Gasteiger partial charge is 0.283 e. The van der Waals surface area contributed by atoms with Gasteiger partial charge in [-0.25, -0.2) is 10.8 Å². The van der Waals surface area contributed by atoms with Gasteiger partial charge in [0.15, 0.2) is 0 Å². The van der Waals surface area contributed by atoms with Crippen LogP contribution in [0.1, 0.15) is 22.6 Å². The number of pyridine rings is 1. The molecule has 0 spiro atoms. The minimum atomic E-state index is -0.351. The lowest BCUT2D eigenvalue weighted by molar-refractivity contribution is 0.0948. The van der Waals surface area contributed by atoms with Crippen molar-refractivity contribution >= 4 is 17.7 Å². The molecule has 0 aliphatic carbocycles. The van der Waals surface area contributed by atoms with Crippen molar-refractivity contribution in [2.24, 2.45) is 5.84 Å². The van der Waals surface area contributed by atoms with Crippen LogP contribution in [0.5, 0.6) is 0 Å². The molecule has 1 aromatic heterocycles. The second-order valence-corrected chi connectivity index (χ2v) is 5.57. The number of nitrogens with two attached hydrogens (primary N) is 1. The fraction of sp³-hybridized carbons (Fsp3) is 0.500. The summed E-state index contributed by atoms with van der Waals surface area (Å²) in [6.45, 7) is 0.761. The van der Waals surface area contributed by atoms with Crippen LogP contribution < -0.4 is 11.3 Å². The highest BCUT2D eigenvalue weighted by Crippen LogP contribution is 2.22. The van der Waals surface area contributed by atoms with Gasteiger partial charge in [0.05, 0.1) is 5.69 Å². The second kappa shape index (κ2) is 6.17. The van der Waals surface area contributed by atoms with Gasteiger partial charge in [0.2, 0.25) is 0 Å². The molecule has 0 saturated carbocycles. The Balaban J connectivity index is 2.02. The number of amides is 1. The lowest BCUT2D eigenvalue weighted by atomic mass is 10.2. The normalized spacial score (nSPS) is 19.2. The van der Waals surface area contributed by atoms with Crippen molar-refractivity contribution in [3.8, 4) is 0 Å². The second-order valence-electron chi connectivity index (χ2n) is 4.42. The summed E-state index contributed by atoms with van der Waals surface area (Å²) in [5.41, 5.74) is 3.36. The molecule has 1 fully saturated rings. The summed E-state index contributed by atoms with van der Waals surface area (Å²) in [5.74, 6) is 7.17. The number of hydrogen-bond acceptors (Lipinski definition) is 5. The molecule has 1 aliphatic heterocycles. The van der Waals surface area contributed by atoms with Gasteiger partial charge in [-0.05, 0) is 31.4 Å². The molecule has 5 nitrogen and oxygen atoms in total. The topological polar surface area (TPSA) is 71.2 Å². The molecule has 3 N–H and O–H groups in total. The van der Waals surface area contributed by atoms with Gasteiger partial charge >= 0.3 is 0 Å². The highest BCUT2D eigenvalue weighted by atomic mass is 32.2. The Hall–Kier alpha value is -1.11. The number of nitrogens with one attached hydrogen (secondary N) is 1. The fourth-order valence-electron chi connectivity index (χ4n) is 2.02. The minimum absolute atomic E-state index is 0.351. The van der Waals surface area contributed by atoms with Crippen LogP contribution in [0.4, 0.5) is 0 Å². The number of nitrogens with zero attached hydrogens (tertiary/aromatic N) is 2. The Morgan fingerprint density at radius 2 is 2.50 bits per heavy atom. The molecule has 18 heavy (non-hydrogen) atoms. The molecule has 1 aromatic rings. The maximum Gasteiger partial charge on any atom is 0.283 e. The van der Waals surface area contributed by atoms with Crippen molar-refractivity contribution in [2.75, 3.05) is 18.6 Å². The molecular weight excluding hydrogens is 248 g/mol. The largest absolute Gasteiger partial charge is 0.297 e. The van der Waals surface area contributed by atoms with Gasteiger partial charge in [-0.3, -0.25) is 15.1 Å². The van der Waals surface area contributed by atoms with Crippen molar-refractivity contribution in [1.29, 1.82) is 0 Å². The van der Waals surface area contributed by atoms with Crippen LogP contribution in [0.25, 0.3) is 0 Å². The van der Waals surface area contributed by atoms with E-state index in [4.69, 9.17) is 5.84 Å². The molecule has 2 rings (SSSR count). The summed E-state index contributed by atoms with van der Waals surface area (Å²) >= 11 is 1.99. The van der Waals surface area contributed by atoms with E-state index in [1.165, 1.54) is 17.9 Å². The number of hydrazine groups is 1. The van der Waals surface area contributed by atoms with Gasteiger partial charge in [-0.2, -0.15) is 11.8 Å². The van der Waals surface area contributed by atoms with Crippen LogP contribution in [-0.4, -0.2) is 40.4 Å². The van der Waals surface area contributed by atoms with Crippen molar-refractivity contribution in [3.63, 3.8) is 0 Å². The van der Waals surface area contributed by atoms with E-state index in [9.17, 15) is 4.79 Å². The zero-order valence-corrected chi connectivity index (χ0v) is 11.2. The molecule has 1 amide bonds. The van der Waals surface area contributed by atoms with E-state index >= 15 is 0 Å². The predicted octanol–water partition coefficient (Wildman–Crippen LogP) is 0.622. The maximum absolute atomic E-state index is 11.4. The Morgan fingerprint density at radius 3 is 3.17 bits per heavy atom. The minimum Gasteiger partial charge on any atom is -0.297 e. The summed E-state index contributed by atoms with van der Waals surface area (Å²) in [7, 11) is 2.11. The van der Waals surface area contributed by atoms with E-state index in [-0.39, 0.29) is 5.91 Å². The monoisotopic (exact) mass is 266 g/mol. The molecule has 6 heteroatoms. The van der Waals surface area contributed by atoms with Crippen LogP contribution >= 0.6 is 11.8 Å². The summed E-state index contributed by atoms with van der Waals surface area (Å²) < 4.78 is 0. The van der Waals surface area contributed by atoms with Gasteiger partial charge in [-0.1, -0.05) is 6.07 Å². The summed E-state index contributed by atoms with van der Waals surface area (Å²) in [6.07, 6.45) is 1.23. The van der Waals surface area contributed by atoms with E-state index < -0.39 is 0 Å². The predicted molar refractivity (Wildman–Crippen MR) is 73.1 cm³/mol. The SMILES string of the molecule is CN(Cc1cccc(C(=O)NN)n1)C1CCSC1. The van der Waals surface area contributed by atoms with E-state index in [0.29, 0.717) is 11.7 Å². The number of hydrogen-bond donors (Lipinski definition) is 2. The molecule has 1 unspecified atom stereocenters. The highest BCUT2D eigenvalue weighted by Gasteiger charge is 2.20. The number of nitrogen functional groups attached to an aromatic ring is 1. The number of carbonyl (C=O) groups excluding carboxylic acids is 1. The summed E-state index contributed by atoms with van der Waals surface area (Å²) in [5, 5.41) is 0. The summed E-state index contributed by atoms with van der Waals surface area (Å²) in [6, 6.07) is 6.05. The molecule has 2 heterocycles. The molecule has 0 aromatic carbocycles. The third-order valence-electron chi connectivity index (χ3n) is 3.11. The van der Waals surface area contributed by atoms with Gasteiger partial charge in [0, 0.05) is 18.3 Å². The van der Waals surface area contributed by atoms with Crippen LogP contribution in [0.3, 0.4) is 0 Å². The molecular formula is C12H18N4OS. The average molecular weight is 266 g/mol. The molecule has 0 radical (unpaired) electrons. The molecule has 98 valence electrons. The standard InChI is InChI=1S/C12H18N4OS/c1-16(10-5-6-18-8-10)7-9-3-2-4-11(14-9)12(17)15-13/h2-4,10H,5-8,13H2,1H3,(H,15,17). The van der Waals surface area contributed by atoms with E-state index in [1.54, 1.807) is 6.07 Å². The number of carbonyl (C=O) groups is 1. The number of aromatic nitrogens is 1. The maximum atomic E-state index is 11.4. The van der Waals surface area contributed by atoms with Crippen molar-refractivity contribution < 1.29 is 4.79 Å². The fourth-order valence-corrected chi connectivity index (χ4v) is 3.32. The first kappa shape index (κ1) is 13.3. The van der Waals surface area contributed by atoms with E-state index in [1.807, 2.05) is 23.9 Å². The molecule has 0 bridgehead atoms. The lowest BCUT2D eigenvalue weighted by Gasteiger charge is -2.23.